The summed E-state index contributed by atoms with van der Waals surface area (Å²) in [7, 11) is 0. The Bertz CT molecular complexity index is 876. The molecule has 2 aromatic rings. The zero-order chi connectivity index (χ0) is 24.4. The van der Waals surface area contributed by atoms with Crippen LogP contribution in [0.15, 0.2) is 30.3 Å². The van der Waals surface area contributed by atoms with Gasteiger partial charge in [-0.1, -0.05) is 41.7 Å². The molecule has 2 N–H and O–H groups in total. The fraction of sp³-hybridized carbons (Fsp3) is 0.545. The summed E-state index contributed by atoms with van der Waals surface area (Å²) >= 11 is 1.21. The third kappa shape index (κ3) is 8.84. The summed E-state index contributed by atoms with van der Waals surface area (Å²) in [5, 5.41) is 10.4. The normalized spacial score (nSPS) is 20.7. The van der Waals surface area contributed by atoms with Crippen LogP contribution in [-0.4, -0.2) is 72.9 Å². The second-order valence-electron chi connectivity index (χ2n) is 7.83. The minimum atomic E-state index is -4.35. The Morgan fingerprint density at radius 3 is 2.65 bits per heavy atom. The quantitative estimate of drug-likeness (QED) is 0.531. The molecule has 1 aromatic heterocycles. The lowest BCUT2D eigenvalue weighted by atomic mass is 10.1. The Morgan fingerprint density at radius 1 is 1.26 bits per heavy atom. The van der Waals surface area contributed by atoms with Crippen molar-refractivity contribution in [1.82, 2.24) is 15.2 Å². The molecule has 0 spiro atoms. The Morgan fingerprint density at radius 2 is 1.97 bits per heavy atom. The van der Waals surface area contributed by atoms with Gasteiger partial charge in [0.05, 0.1) is 24.9 Å². The number of nitrogens with zero attached hydrogens (tertiary/aromatic N) is 2. The van der Waals surface area contributed by atoms with Crippen molar-refractivity contribution in [2.24, 2.45) is 0 Å². The van der Waals surface area contributed by atoms with Crippen LogP contribution in [0.25, 0.3) is 0 Å². The molecule has 8 nitrogen and oxygen atoms in total. The van der Waals surface area contributed by atoms with Crippen LogP contribution < -0.4 is 10.1 Å². The highest BCUT2D eigenvalue weighted by molar-refractivity contribution is 7.13. The second kappa shape index (κ2) is 13.0. The van der Waals surface area contributed by atoms with Crippen LogP contribution in [0.3, 0.4) is 0 Å². The summed E-state index contributed by atoms with van der Waals surface area (Å²) in [6.45, 7) is 2.66. The molecule has 3 heterocycles. The van der Waals surface area contributed by atoms with E-state index in [0.717, 1.165) is 43.0 Å². The summed E-state index contributed by atoms with van der Waals surface area (Å²) in [6, 6.07) is 10.4. The van der Waals surface area contributed by atoms with Crippen LogP contribution in [0, 0.1) is 0 Å². The molecule has 34 heavy (non-hydrogen) atoms. The molecule has 1 fully saturated rings. The lowest BCUT2D eigenvalue weighted by molar-refractivity contribution is -0.194. The fourth-order valence-electron chi connectivity index (χ4n) is 3.60. The molecule has 188 valence electrons. The van der Waals surface area contributed by atoms with Gasteiger partial charge in [0.25, 0.3) is 11.7 Å². The van der Waals surface area contributed by atoms with Crippen LogP contribution in [0.5, 0.6) is 5.19 Å². The molecule has 0 unspecified atom stereocenters. The first kappa shape index (κ1) is 26.4. The molecule has 0 amide bonds. The van der Waals surface area contributed by atoms with Gasteiger partial charge in [-0.25, -0.2) is 4.98 Å². The van der Waals surface area contributed by atoms with Gasteiger partial charge in [0.1, 0.15) is 0 Å². The lowest BCUT2D eigenvalue weighted by Gasteiger charge is -2.32. The van der Waals surface area contributed by atoms with Gasteiger partial charge >= 0.3 is 6.18 Å². The van der Waals surface area contributed by atoms with Crippen molar-refractivity contribution < 1.29 is 37.3 Å². The van der Waals surface area contributed by atoms with Gasteiger partial charge in [-0.05, 0) is 12.0 Å². The average molecular weight is 504 g/mol. The topological polar surface area (TPSA) is 93.2 Å². The maximum atomic E-state index is 12.3. The standard InChI is InChI=1S/C21H26F3N3O3S.CH2O2/c22-21(23,24)14-30-20-26-17-11-27(8-6-18(17)31-20)9-7-19-28-12-16(13-29-19)25-10-15-4-2-1-3-5-15;2-1-3/h1-5,16,19,25H,6-14H2;1H,(H,2,3). The average Bonchev–Trinajstić information content (AvgIpc) is 3.24. The van der Waals surface area contributed by atoms with E-state index in [1.54, 1.807) is 0 Å². The van der Waals surface area contributed by atoms with Crippen molar-refractivity contribution in [3.05, 3.63) is 46.5 Å². The molecule has 12 heteroatoms. The number of ether oxygens (including phenoxy) is 3. The van der Waals surface area contributed by atoms with E-state index in [2.05, 4.69) is 27.3 Å². The molecule has 0 radical (unpaired) electrons. The number of aromatic nitrogens is 1. The summed E-state index contributed by atoms with van der Waals surface area (Å²) in [6.07, 6.45) is -3.09. The molecule has 4 rings (SSSR count). The van der Waals surface area contributed by atoms with E-state index in [-0.39, 0.29) is 24.0 Å². The fourth-order valence-corrected chi connectivity index (χ4v) is 4.50. The molecule has 0 aliphatic carbocycles. The number of carbonyl (C=O) groups is 1. The monoisotopic (exact) mass is 503 g/mol. The van der Waals surface area contributed by atoms with Gasteiger partial charge in [-0.2, -0.15) is 13.2 Å². The zero-order valence-corrected chi connectivity index (χ0v) is 19.3. The first-order chi connectivity index (χ1) is 16.4. The predicted octanol–water partition coefficient (Wildman–Crippen LogP) is 3.06. The molecular weight excluding hydrogens is 475 g/mol. The number of thiazole rings is 1. The largest absolute Gasteiger partial charge is 0.483 e. The smallest absolute Gasteiger partial charge is 0.422 e. The molecule has 2 aliphatic rings. The highest BCUT2D eigenvalue weighted by Crippen LogP contribution is 2.31. The van der Waals surface area contributed by atoms with E-state index in [1.807, 2.05) is 18.2 Å². The second-order valence-corrected chi connectivity index (χ2v) is 8.88. The number of rotatable bonds is 8. The van der Waals surface area contributed by atoms with E-state index in [9.17, 15) is 13.2 Å². The number of hydrogen-bond donors (Lipinski definition) is 2. The summed E-state index contributed by atoms with van der Waals surface area (Å²) in [4.78, 5) is 15.8. The maximum absolute atomic E-state index is 12.3. The van der Waals surface area contributed by atoms with Gasteiger partial charge in [0, 0.05) is 37.5 Å². The van der Waals surface area contributed by atoms with Gasteiger partial charge in [0.15, 0.2) is 12.9 Å². The van der Waals surface area contributed by atoms with Gasteiger partial charge in [-0.15, -0.1) is 0 Å². The number of halogens is 3. The third-order valence-corrected chi connectivity index (χ3v) is 6.30. The van der Waals surface area contributed by atoms with Crippen molar-refractivity contribution in [1.29, 1.82) is 0 Å². The van der Waals surface area contributed by atoms with Gasteiger partial charge < -0.3 is 24.6 Å². The maximum Gasteiger partial charge on any atom is 0.422 e. The molecule has 0 atom stereocenters. The van der Waals surface area contributed by atoms with E-state index in [4.69, 9.17) is 24.1 Å². The summed E-state index contributed by atoms with van der Waals surface area (Å²) in [5.74, 6) is 0. The minimum Gasteiger partial charge on any atom is -0.483 e. The highest BCUT2D eigenvalue weighted by Gasteiger charge is 2.30. The van der Waals surface area contributed by atoms with Crippen LogP contribution in [-0.2, 0) is 33.8 Å². The van der Waals surface area contributed by atoms with Crippen LogP contribution >= 0.6 is 11.3 Å². The minimum absolute atomic E-state index is 0.0946. The van der Waals surface area contributed by atoms with Crippen LogP contribution in [0.2, 0.25) is 0 Å². The molecule has 2 aliphatic heterocycles. The molecule has 0 bridgehead atoms. The van der Waals surface area contributed by atoms with Crippen LogP contribution in [0.1, 0.15) is 22.6 Å². The number of hydrogen-bond acceptors (Lipinski definition) is 8. The van der Waals surface area contributed by atoms with E-state index >= 15 is 0 Å². The molecule has 0 saturated carbocycles. The number of benzene rings is 1. The predicted molar refractivity (Wildman–Crippen MR) is 119 cm³/mol. The Balaban J connectivity index is 0.00000103. The van der Waals surface area contributed by atoms with Gasteiger partial charge in [0.2, 0.25) is 0 Å². The molecule has 1 aromatic carbocycles. The first-order valence-electron chi connectivity index (χ1n) is 10.8. The van der Waals surface area contributed by atoms with Crippen LogP contribution in [0.4, 0.5) is 13.2 Å². The summed E-state index contributed by atoms with van der Waals surface area (Å²) < 4.78 is 53.5. The molecule has 1 saturated heterocycles. The van der Waals surface area contributed by atoms with Crippen molar-refractivity contribution in [3.8, 4) is 5.19 Å². The van der Waals surface area contributed by atoms with E-state index in [0.29, 0.717) is 19.8 Å². The Hall–Kier alpha value is -2.25. The third-order valence-electron chi connectivity index (χ3n) is 5.23. The van der Waals surface area contributed by atoms with Crippen molar-refractivity contribution in [3.63, 3.8) is 0 Å². The lowest BCUT2D eigenvalue weighted by Crippen LogP contribution is -2.45. The number of carboxylic acid groups (broad SMARTS) is 1. The van der Waals surface area contributed by atoms with Crippen molar-refractivity contribution >= 4 is 17.8 Å². The first-order valence-corrected chi connectivity index (χ1v) is 11.7. The Labute approximate surface area is 199 Å². The number of alkyl halides is 3. The molecular formula is C22H28F3N3O5S. The van der Waals surface area contributed by atoms with E-state index < -0.39 is 12.8 Å². The van der Waals surface area contributed by atoms with Crippen molar-refractivity contribution in [2.75, 3.05) is 32.9 Å². The SMILES string of the molecule is FC(F)(F)COc1nc2c(s1)CCN(CCC1OCC(NCc3ccccc3)CO1)C2.O=CO. The van der Waals surface area contributed by atoms with E-state index in [1.165, 1.54) is 16.9 Å². The Kier molecular flexibility index (Phi) is 10.1. The number of fused-ring (bicyclic) bond motifs is 1. The summed E-state index contributed by atoms with van der Waals surface area (Å²) in [5.41, 5.74) is 2.03. The number of nitrogens with one attached hydrogen (secondary N) is 1. The zero-order valence-electron chi connectivity index (χ0n) is 18.5. The van der Waals surface area contributed by atoms with Gasteiger partial charge in [-0.3, -0.25) is 9.69 Å². The highest BCUT2D eigenvalue weighted by atomic mass is 32.1. The van der Waals surface area contributed by atoms with Crippen molar-refractivity contribution in [2.45, 2.75) is 44.4 Å².